The third-order valence-electron chi connectivity index (χ3n) is 5.81. The van der Waals surface area contributed by atoms with Crippen LogP contribution in [0.25, 0.3) is 11.1 Å². The predicted molar refractivity (Wildman–Crippen MR) is 140 cm³/mol. The van der Waals surface area contributed by atoms with Crippen molar-refractivity contribution in [1.82, 2.24) is 0 Å². The first-order chi connectivity index (χ1) is 18.3. The number of carbonyl (C=O) groups excluding carboxylic acids is 2. The van der Waals surface area contributed by atoms with Crippen LogP contribution in [0.3, 0.4) is 0 Å². The molecule has 1 aliphatic heterocycles. The Kier molecular flexibility index (Phi) is 6.41. The van der Waals surface area contributed by atoms with Gasteiger partial charge in [0.05, 0.1) is 21.7 Å². The van der Waals surface area contributed by atoms with Gasteiger partial charge in [-0.2, -0.15) is 0 Å². The number of carboxylic acids is 1. The third-order valence-corrected chi connectivity index (χ3v) is 8.27. The molecule has 0 saturated carbocycles. The van der Waals surface area contributed by atoms with Gasteiger partial charge in [0.25, 0.3) is 0 Å². The number of aromatic carboxylic acids is 1. The predicted octanol–water partition coefficient (Wildman–Crippen LogP) is 4.98. The fourth-order valence-electron chi connectivity index (χ4n) is 4.07. The van der Waals surface area contributed by atoms with Crippen LogP contribution < -0.4 is 24.6 Å². The van der Waals surface area contributed by atoms with Gasteiger partial charge in [-0.15, -0.1) is 0 Å². The van der Waals surface area contributed by atoms with E-state index in [1.807, 2.05) is 24.3 Å². The highest BCUT2D eigenvalue weighted by Gasteiger charge is 2.40. The Morgan fingerprint density at radius 3 is 2.26 bits per heavy atom. The van der Waals surface area contributed by atoms with E-state index in [0.717, 1.165) is 11.6 Å². The molecule has 8 nitrogen and oxygen atoms in total. The zero-order valence-electron chi connectivity index (χ0n) is 19.7. The maximum atomic E-state index is 14.8. The van der Waals surface area contributed by atoms with Crippen LogP contribution >= 0.6 is 7.37 Å². The zero-order chi connectivity index (χ0) is 26.9. The summed E-state index contributed by atoms with van der Waals surface area (Å²) in [6.07, 6.45) is 0.980. The lowest BCUT2D eigenvalue weighted by atomic mass is 10.0. The number of esters is 2. The second-order valence-electron chi connectivity index (χ2n) is 8.19. The molecule has 0 bridgehead atoms. The topological polar surface area (TPSA) is 116 Å². The van der Waals surface area contributed by atoms with Gasteiger partial charge in [0.1, 0.15) is 17.2 Å². The first-order valence-corrected chi connectivity index (χ1v) is 13.0. The van der Waals surface area contributed by atoms with Gasteiger partial charge in [0.15, 0.2) is 0 Å². The minimum absolute atomic E-state index is 0.0171. The Hall–Kier alpha value is -4.94. The molecule has 1 N–H and O–H groups in total. The quantitative estimate of drug-likeness (QED) is 0.162. The number of hydrogen-bond donors (Lipinski definition) is 1. The van der Waals surface area contributed by atoms with Gasteiger partial charge >= 0.3 is 25.3 Å². The minimum Gasteiger partial charge on any atom is -0.478 e. The summed E-state index contributed by atoms with van der Waals surface area (Å²) < 4.78 is 31.8. The van der Waals surface area contributed by atoms with Crippen LogP contribution in [0, 0.1) is 0 Å². The molecule has 0 amide bonds. The molecule has 38 heavy (non-hydrogen) atoms. The standard InChI is InChI=1S/C29H19O8P/c1-2-27(30)35-20-14-15-24(36-29(33)19-9-7-8-18(16-19)28(31)32)26(17-20)38(34)25-13-6-4-11-22(25)21-10-3-5-12-23(21)37-38/h2-17H,1H2,(H,31,32). The number of para-hydroxylation sites is 1. The van der Waals surface area contributed by atoms with Crippen molar-refractivity contribution in [2.75, 3.05) is 0 Å². The minimum atomic E-state index is -3.97. The van der Waals surface area contributed by atoms with Crippen molar-refractivity contribution in [2.45, 2.75) is 0 Å². The van der Waals surface area contributed by atoms with Crippen LogP contribution in [0.1, 0.15) is 20.7 Å². The number of rotatable bonds is 6. The Bertz CT molecular complexity index is 1670. The van der Waals surface area contributed by atoms with Gasteiger partial charge in [0.2, 0.25) is 0 Å². The number of benzene rings is 4. The molecule has 4 aromatic carbocycles. The molecule has 0 radical (unpaired) electrons. The summed E-state index contributed by atoms with van der Waals surface area (Å²) >= 11 is 0. The average Bonchev–Trinajstić information content (AvgIpc) is 2.94. The first-order valence-electron chi connectivity index (χ1n) is 11.3. The molecule has 0 aliphatic carbocycles. The Morgan fingerprint density at radius 2 is 1.50 bits per heavy atom. The smallest absolute Gasteiger partial charge is 0.343 e. The van der Waals surface area contributed by atoms with Crippen molar-refractivity contribution < 1.29 is 38.1 Å². The van der Waals surface area contributed by atoms with E-state index in [1.165, 1.54) is 42.5 Å². The molecule has 188 valence electrons. The van der Waals surface area contributed by atoms with E-state index in [9.17, 15) is 24.1 Å². The lowest BCUT2D eigenvalue weighted by Crippen LogP contribution is -2.27. The molecule has 9 heteroatoms. The van der Waals surface area contributed by atoms with Gasteiger partial charge in [0, 0.05) is 11.6 Å². The van der Waals surface area contributed by atoms with Gasteiger partial charge in [-0.25, -0.2) is 14.4 Å². The summed E-state index contributed by atoms with van der Waals surface area (Å²) in [4.78, 5) is 36.3. The summed E-state index contributed by atoms with van der Waals surface area (Å²) in [6.45, 7) is 3.38. The SMILES string of the molecule is C=CC(=O)Oc1ccc(OC(=O)c2cccc(C(=O)O)c2)c(P2(=O)Oc3ccccc3-c3ccccc32)c1. The van der Waals surface area contributed by atoms with Crippen LogP contribution in [-0.2, 0) is 9.36 Å². The molecule has 0 spiro atoms. The van der Waals surface area contributed by atoms with Crippen molar-refractivity contribution in [1.29, 1.82) is 0 Å². The molecular weight excluding hydrogens is 507 g/mol. The molecule has 1 unspecified atom stereocenters. The number of ether oxygens (including phenoxy) is 2. The van der Waals surface area contributed by atoms with Crippen molar-refractivity contribution >= 4 is 35.9 Å². The number of carboxylic acid groups (broad SMARTS) is 1. The molecule has 0 aromatic heterocycles. The monoisotopic (exact) mass is 526 g/mol. The van der Waals surface area contributed by atoms with Gasteiger partial charge in [-0.05, 0) is 54.1 Å². The highest BCUT2D eigenvalue weighted by Crippen LogP contribution is 2.55. The van der Waals surface area contributed by atoms with Crippen molar-refractivity contribution in [3.05, 3.63) is 115 Å². The van der Waals surface area contributed by atoms with Crippen molar-refractivity contribution in [3.8, 4) is 28.4 Å². The van der Waals surface area contributed by atoms with Gasteiger partial charge in [-0.3, -0.25) is 4.57 Å². The lowest BCUT2D eigenvalue weighted by molar-refractivity contribution is -0.128. The summed E-state index contributed by atoms with van der Waals surface area (Å²) in [5.41, 5.74) is 1.30. The highest BCUT2D eigenvalue weighted by atomic mass is 31.2. The Balaban J connectivity index is 1.65. The van der Waals surface area contributed by atoms with Crippen molar-refractivity contribution in [2.24, 2.45) is 0 Å². The fraction of sp³-hybridized carbons (Fsp3) is 0. The second-order valence-corrected chi connectivity index (χ2v) is 10.4. The van der Waals surface area contributed by atoms with Gasteiger partial charge in [-0.1, -0.05) is 49.0 Å². The lowest BCUT2D eigenvalue weighted by Gasteiger charge is -2.29. The normalized spacial score (nSPS) is 15.3. The molecular formula is C29H19O8P. The fourth-order valence-corrected chi connectivity index (χ4v) is 6.46. The zero-order valence-corrected chi connectivity index (χ0v) is 20.6. The van der Waals surface area contributed by atoms with E-state index < -0.39 is 25.3 Å². The number of carbonyl (C=O) groups is 3. The van der Waals surface area contributed by atoms with Crippen molar-refractivity contribution in [3.63, 3.8) is 0 Å². The molecule has 1 atom stereocenters. The maximum absolute atomic E-state index is 14.8. The van der Waals surface area contributed by atoms with E-state index in [4.69, 9.17) is 14.0 Å². The van der Waals surface area contributed by atoms with E-state index in [0.29, 0.717) is 16.6 Å². The van der Waals surface area contributed by atoms with Crippen LogP contribution in [0.4, 0.5) is 0 Å². The van der Waals surface area contributed by atoms with E-state index in [2.05, 4.69) is 6.58 Å². The molecule has 0 saturated heterocycles. The maximum Gasteiger partial charge on any atom is 0.343 e. The number of hydrogen-bond acceptors (Lipinski definition) is 7. The summed E-state index contributed by atoms with van der Waals surface area (Å²) in [7, 11) is -3.97. The van der Waals surface area contributed by atoms with E-state index in [1.54, 1.807) is 24.3 Å². The second kappa shape index (κ2) is 9.84. The molecule has 0 fully saturated rings. The van der Waals surface area contributed by atoms with Crippen LogP contribution in [0.2, 0.25) is 0 Å². The summed E-state index contributed by atoms with van der Waals surface area (Å²) in [5.74, 6) is -2.51. The molecule has 1 aliphatic rings. The number of fused-ring (bicyclic) bond motifs is 3. The largest absolute Gasteiger partial charge is 0.478 e. The van der Waals surface area contributed by atoms with E-state index in [-0.39, 0.29) is 27.9 Å². The Labute approximate surface area is 217 Å². The first kappa shape index (κ1) is 24.7. The van der Waals surface area contributed by atoms with Crippen LogP contribution in [0.15, 0.2) is 104 Å². The van der Waals surface area contributed by atoms with Gasteiger partial charge < -0.3 is 19.1 Å². The Morgan fingerprint density at radius 1 is 0.789 bits per heavy atom. The molecule has 4 aromatic rings. The van der Waals surface area contributed by atoms with Crippen LogP contribution in [0.5, 0.6) is 17.2 Å². The van der Waals surface area contributed by atoms with E-state index >= 15 is 0 Å². The highest BCUT2D eigenvalue weighted by molar-refractivity contribution is 7.75. The van der Waals surface area contributed by atoms with Crippen LogP contribution in [-0.4, -0.2) is 23.0 Å². The average molecular weight is 526 g/mol. The summed E-state index contributed by atoms with van der Waals surface area (Å²) in [6, 6.07) is 23.5. The molecule has 1 heterocycles. The summed E-state index contributed by atoms with van der Waals surface area (Å²) in [5, 5.41) is 9.63. The molecule has 5 rings (SSSR count). The third kappa shape index (κ3) is 4.49.